The highest BCUT2D eigenvalue weighted by Gasteiger charge is 2.23. The van der Waals surface area contributed by atoms with Crippen molar-refractivity contribution in [2.75, 3.05) is 40.8 Å². The smallest absolute Gasteiger partial charge is 0.220 e. The van der Waals surface area contributed by atoms with E-state index in [1.54, 1.807) is 21.2 Å². The molecule has 2 rings (SSSR count). The number of methoxy groups -OCH3 is 1. The molecule has 1 saturated heterocycles. The van der Waals surface area contributed by atoms with E-state index in [1.807, 2.05) is 31.2 Å². The average molecular weight is 504 g/mol. The number of likely N-dealkylation sites (tertiary alicyclic amines) is 1. The third-order valence-corrected chi connectivity index (χ3v) is 4.82. The molecular weight excluding hydrogens is 471 g/mol. The maximum absolute atomic E-state index is 11.5. The molecule has 2 N–H and O–H groups in total. The summed E-state index contributed by atoms with van der Waals surface area (Å²) in [6.07, 6.45) is 2.58. The van der Waals surface area contributed by atoms with Gasteiger partial charge in [0.2, 0.25) is 5.91 Å². The fraction of sp³-hybridized carbons (Fsp3) is 0.600. The summed E-state index contributed by atoms with van der Waals surface area (Å²) in [5, 5.41) is 6.10. The van der Waals surface area contributed by atoms with Crippen LogP contribution in [0.3, 0.4) is 0 Å². The molecule has 158 valence electrons. The van der Waals surface area contributed by atoms with E-state index in [2.05, 4.69) is 20.5 Å². The van der Waals surface area contributed by atoms with Gasteiger partial charge in [0.05, 0.1) is 13.7 Å². The van der Waals surface area contributed by atoms with Crippen LogP contribution in [0.2, 0.25) is 0 Å². The number of hydrogen-bond acceptors (Lipinski definition) is 4. The second-order valence-corrected chi connectivity index (χ2v) is 6.82. The number of para-hydroxylation sites is 2. The van der Waals surface area contributed by atoms with Gasteiger partial charge in [-0.25, -0.2) is 0 Å². The van der Waals surface area contributed by atoms with Crippen molar-refractivity contribution in [3.8, 4) is 11.5 Å². The van der Waals surface area contributed by atoms with Crippen molar-refractivity contribution in [3.05, 3.63) is 24.3 Å². The van der Waals surface area contributed by atoms with Crippen LogP contribution in [0.4, 0.5) is 0 Å². The van der Waals surface area contributed by atoms with E-state index in [4.69, 9.17) is 9.47 Å². The Morgan fingerprint density at radius 2 is 1.93 bits per heavy atom. The normalized spacial score (nSPS) is 16.0. The standard InChI is InChI=1S/C20H32N4O3.HI/c1-15(27-18-8-6-5-7-17(18)26-4)14-23-20(22-3)24-11-9-16(10-12-24)13-19(25)21-2;/h5-8,15-16H,9-14H2,1-4H3,(H,21,25)(H,22,23);1H. The van der Waals surface area contributed by atoms with Crippen LogP contribution in [0.15, 0.2) is 29.3 Å². The molecule has 0 bridgehead atoms. The molecule has 1 aromatic carbocycles. The van der Waals surface area contributed by atoms with Crippen molar-refractivity contribution < 1.29 is 14.3 Å². The van der Waals surface area contributed by atoms with Crippen LogP contribution in [0.1, 0.15) is 26.2 Å². The Morgan fingerprint density at radius 3 is 2.50 bits per heavy atom. The van der Waals surface area contributed by atoms with E-state index in [0.29, 0.717) is 18.9 Å². The molecule has 0 radical (unpaired) electrons. The summed E-state index contributed by atoms with van der Waals surface area (Å²) in [6, 6.07) is 7.64. The Morgan fingerprint density at radius 1 is 1.29 bits per heavy atom. The van der Waals surface area contributed by atoms with Crippen LogP contribution >= 0.6 is 24.0 Å². The number of benzene rings is 1. The van der Waals surface area contributed by atoms with E-state index in [-0.39, 0.29) is 36.0 Å². The van der Waals surface area contributed by atoms with Crippen LogP contribution in [0.25, 0.3) is 0 Å². The summed E-state index contributed by atoms with van der Waals surface area (Å²) < 4.78 is 11.3. The Hall–Kier alpha value is -1.71. The number of hydrogen-bond donors (Lipinski definition) is 2. The molecule has 1 fully saturated rings. The number of amides is 1. The molecule has 1 aliphatic rings. The molecule has 0 aliphatic carbocycles. The molecule has 0 aromatic heterocycles. The first-order chi connectivity index (χ1) is 13.1. The molecule has 0 spiro atoms. The van der Waals surface area contributed by atoms with Crippen LogP contribution in [0, 0.1) is 5.92 Å². The van der Waals surface area contributed by atoms with Gasteiger partial charge in [0.15, 0.2) is 17.5 Å². The lowest BCUT2D eigenvalue weighted by molar-refractivity contribution is -0.121. The maximum Gasteiger partial charge on any atom is 0.220 e. The number of carbonyl (C=O) groups is 1. The molecule has 8 heteroatoms. The molecule has 1 unspecified atom stereocenters. The van der Waals surface area contributed by atoms with Crippen molar-refractivity contribution >= 4 is 35.8 Å². The monoisotopic (exact) mass is 504 g/mol. The molecule has 0 saturated carbocycles. The Bertz CT molecular complexity index is 634. The summed E-state index contributed by atoms with van der Waals surface area (Å²) in [5.41, 5.74) is 0. The number of rotatable bonds is 7. The lowest BCUT2D eigenvalue weighted by Crippen LogP contribution is -2.48. The first-order valence-corrected chi connectivity index (χ1v) is 9.53. The number of ether oxygens (including phenoxy) is 2. The molecule has 1 heterocycles. The van der Waals surface area contributed by atoms with Crippen LogP contribution < -0.4 is 20.1 Å². The Labute approximate surface area is 185 Å². The van der Waals surface area contributed by atoms with Crippen LogP contribution in [0.5, 0.6) is 11.5 Å². The van der Waals surface area contributed by atoms with Gasteiger partial charge in [-0.3, -0.25) is 9.79 Å². The summed E-state index contributed by atoms with van der Waals surface area (Å²) in [4.78, 5) is 18.2. The highest BCUT2D eigenvalue weighted by molar-refractivity contribution is 14.0. The minimum Gasteiger partial charge on any atom is -0.493 e. The van der Waals surface area contributed by atoms with E-state index in [1.165, 1.54) is 0 Å². The summed E-state index contributed by atoms with van der Waals surface area (Å²) >= 11 is 0. The van der Waals surface area contributed by atoms with Crippen LogP contribution in [-0.4, -0.2) is 63.7 Å². The van der Waals surface area contributed by atoms with Crippen molar-refractivity contribution in [1.82, 2.24) is 15.5 Å². The third kappa shape index (κ3) is 7.37. The van der Waals surface area contributed by atoms with Crippen molar-refractivity contribution in [1.29, 1.82) is 0 Å². The van der Waals surface area contributed by atoms with Gasteiger partial charge in [0.1, 0.15) is 6.10 Å². The lowest BCUT2D eigenvalue weighted by Gasteiger charge is -2.34. The van der Waals surface area contributed by atoms with E-state index >= 15 is 0 Å². The molecular formula is C20H33IN4O3. The number of nitrogens with one attached hydrogen (secondary N) is 2. The predicted molar refractivity (Wildman–Crippen MR) is 123 cm³/mol. The van der Waals surface area contributed by atoms with Crippen molar-refractivity contribution in [2.45, 2.75) is 32.3 Å². The van der Waals surface area contributed by atoms with Crippen molar-refractivity contribution in [3.63, 3.8) is 0 Å². The first-order valence-electron chi connectivity index (χ1n) is 9.53. The van der Waals surface area contributed by atoms with Crippen LogP contribution in [-0.2, 0) is 4.79 Å². The molecule has 1 aliphatic heterocycles. The van der Waals surface area contributed by atoms with Gasteiger partial charge in [0, 0.05) is 33.6 Å². The summed E-state index contributed by atoms with van der Waals surface area (Å²) in [5.74, 6) is 2.92. The maximum atomic E-state index is 11.5. The fourth-order valence-electron chi connectivity index (χ4n) is 3.26. The lowest BCUT2D eigenvalue weighted by atomic mass is 9.93. The zero-order valence-corrected chi connectivity index (χ0v) is 19.6. The Kier molecular flexibility index (Phi) is 11.0. The minimum absolute atomic E-state index is 0. The summed E-state index contributed by atoms with van der Waals surface area (Å²) in [6.45, 7) is 4.47. The van der Waals surface area contributed by atoms with Gasteiger partial charge in [-0.2, -0.15) is 0 Å². The highest BCUT2D eigenvalue weighted by Crippen LogP contribution is 2.26. The SMILES string of the molecule is CN=C(NCC(C)Oc1ccccc1OC)N1CCC(CC(=O)NC)CC1.I. The molecule has 7 nitrogen and oxygen atoms in total. The largest absolute Gasteiger partial charge is 0.493 e. The van der Waals surface area contributed by atoms with Gasteiger partial charge < -0.3 is 25.0 Å². The second-order valence-electron chi connectivity index (χ2n) is 6.82. The topological polar surface area (TPSA) is 75.2 Å². The average Bonchev–Trinajstić information content (AvgIpc) is 2.69. The van der Waals surface area contributed by atoms with E-state index < -0.39 is 0 Å². The number of aliphatic imine (C=N–C) groups is 1. The van der Waals surface area contributed by atoms with Gasteiger partial charge >= 0.3 is 0 Å². The second kappa shape index (κ2) is 12.7. The zero-order chi connectivity index (χ0) is 19.6. The Balaban J connectivity index is 0.00000392. The number of halogens is 1. The van der Waals surface area contributed by atoms with Gasteiger partial charge in [-0.05, 0) is 37.8 Å². The van der Waals surface area contributed by atoms with E-state index in [9.17, 15) is 4.79 Å². The quantitative estimate of drug-likeness (QED) is 0.339. The molecule has 1 atom stereocenters. The van der Waals surface area contributed by atoms with Gasteiger partial charge in [-0.1, -0.05) is 12.1 Å². The van der Waals surface area contributed by atoms with Gasteiger partial charge in [0.25, 0.3) is 0 Å². The number of carbonyl (C=O) groups excluding carboxylic acids is 1. The zero-order valence-electron chi connectivity index (χ0n) is 17.2. The highest BCUT2D eigenvalue weighted by atomic mass is 127. The first kappa shape index (κ1) is 24.3. The summed E-state index contributed by atoms with van der Waals surface area (Å²) in [7, 11) is 5.13. The molecule has 28 heavy (non-hydrogen) atoms. The fourth-order valence-corrected chi connectivity index (χ4v) is 3.26. The molecule has 1 aromatic rings. The number of guanidine groups is 1. The van der Waals surface area contributed by atoms with Gasteiger partial charge in [-0.15, -0.1) is 24.0 Å². The van der Waals surface area contributed by atoms with E-state index in [0.717, 1.165) is 43.4 Å². The minimum atomic E-state index is -0.0381. The molecule has 1 amide bonds. The third-order valence-electron chi connectivity index (χ3n) is 4.82. The number of nitrogens with zero attached hydrogens (tertiary/aromatic N) is 2. The predicted octanol–water partition coefficient (Wildman–Crippen LogP) is 2.50. The number of piperidine rings is 1. The van der Waals surface area contributed by atoms with Crippen molar-refractivity contribution in [2.24, 2.45) is 10.9 Å².